The van der Waals surface area contributed by atoms with Crippen molar-refractivity contribution in [1.82, 2.24) is 15.1 Å². The standard InChI is InChI=1S/C18H33N3/c1-4-9-19-12-16-8-7-15(6-3)11-18(16)17-13-20-21(14-17)10-5-2/h13-16,18-19H,4-12H2,1-3H3. The molecule has 1 saturated carbocycles. The van der Waals surface area contributed by atoms with Gasteiger partial charge in [0.15, 0.2) is 0 Å². The predicted molar refractivity (Wildman–Crippen MR) is 89.5 cm³/mol. The summed E-state index contributed by atoms with van der Waals surface area (Å²) in [5, 5.41) is 8.20. The normalized spacial score (nSPS) is 26.1. The molecule has 0 aromatic carbocycles. The first-order chi connectivity index (χ1) is 10.3. The smallest absolute Gasteiger partial charge is 0.0524 e. The summed E-state index contributed by atoms with van der Waals surface area (Å²) in [6.45, 7) is 10.2. The molecule has 1 aromatic rings. The molecular formula is C18H33N3. The number of nitrogens with one attached hydrogen (secondary N) is 1. The number of aryl methyl sites for hydroxylation is 1. The van der Waals surface area contributed by atoms with Crippen molar-refractivity contribution in [2.45, 2.75) is 71.8 Å². The van der Waals surface area contributed by atoms with Gasteiger partial charge in [-0.05, 0) is 62.1 Å². The van der Waals surface area contributed by atoms with Crippen molar-refractivity contribution in [2.24, 2.45) is 11.8 Å². The van der Waals surface area contributed by atoms with Gasteiger partial charge < -0.3 is 5.32 Å². The maximum atomic E-state index is 4.56. The lowest BCUT2D eigenvalue weighted by atomic mass is 9.71. The molecule has 3 atom stereocenters. The minimum Gasteiger partial charge on any atom is -0.316 e. The maximum absolute atomic E-state index is 4.56. The minimum atomic E-state index is 0.707. The Labute approximate surface area is 130 Å². The van der Waals surface area contributed by atoms with E-state index in [0.29, 0.717) is 5.92 Å². The van der Waals surface area contributed by atoms with Crippen LogP contribution in [0.15, 0.2) is 12.4 Å². The van der Waals surface area contributed by atoms with E-state index in [2.05, 4.69) is 48.3 Å². The topological polar surface area (TPSA) is 29.9 Å². The molecule has 21 heavy (non-hydrogen) atoms. The fourth-order valence-electron chi connectivity index (χ4n) is 3.73. The first-order valence-electron chi connectivity index (χ1n) is 9.01. The van der Waals surface area contributed by atoms with Gasteiger partial charge in [0.1, 0.15) is 0 Å². The van der Waals surface area contributed by atoms with Gasteiger partial charge in [-0.1, -0.05) is 33.6 Å². The zero-order valence-electron chi connectivity index (χ0n) is 14.1. The Kier molecular flexibility index (Phi) is 6.75. The summed E-state index contributed by atoms with van der Waals surface area (Å²) in [5.41, 5.74) is 1.48. The number of rotatable bonds is 8. The average molecular weight is 291 g/mol. The van der Waals surface area contributed by atoms with Crippen molar-refractivity contribution in [1.29, 1.82) is 0 Å². The van der Waals surface area contributed by atoms with E-state index < -0.39 is 0 Å². The van der Waals surface area contributed by atoms with Crippen LogP contribution in [0.25, 0.3) is 0 Å². The molecule has 0 amide bonds. The molecule has 3 heteroatoms. The summed E-state index contributed by atoms with van der Waals surface area (Å²) in [4.78, 5) is 0. The van der Waals surface area contributed by atoms with E-state index in [9.17, 15) is 0 Å². The highest BCUT2D eigenvalue weighted by atomic mass is 15.3. The molecule has 0 radical (unpaired) electrons. The monoisotopic (exact) mass is 291 g/mol. The van der Waals surface area contributed by atoms with Gasteiger partial charge >= 0.3 is 0 Å². The molecule has 2 rings (SSSR count). The molecule has 1 N–H and O–H groups in total. The Morgan fingerprint density at radius 1 is 1.24 bits per heavy atom. The summed E-state index contributed by atoms with van der Waals surface area (Å²) in [7, 11) is 0. The lowest BCUT2D eigenvalue weighted by Crippen LogP contribution is -2.32. The van der Waals surface area contributed by atoms with Gasteiger partial charge in [0.25, 0.3) is 0 Å². The van der Waals surface area contributed by atoms with E-state index >= 15 is 0 Å². The van der Waals surface area contributed by atoms with Gasteiger partial charge in [-0.3, -0.25) is 4.68 Å². The van der Waals surface area contributed by atoms with Gasteiger partial charge in [-0.25, -0.2) is 0 Å². The molecule has 3 unspecified atom stereocenters. The van der Waals surface area contributed by atoms with E-state index in [-0.39, 0.29) is 0 Å². The Bertz CT molecular complexity index is 397. The summed E-state index contributed by atoms with van der Waals surface area (Å²) in [6.07, 6.45) is 12.3. The highest BCUT2D eigenvalue weighted by Crippen LogP contribution is 2.41. The van der Waals surface area contributed by atoms with E-state index in [0.717, 1.165) is 31.3 Å². The highest BCUT2D eigenvalue weighted by molar-refractivity contribution is 5.14. The molecule has 1 heterocycles. The SMILES string of the molecule is CCCNCC1CCC(CC)CC1c1cnn(CCC)c1. The van der Waals surface area contributed by atoms with Crippen molar-refractivity contribution < 1.29 is 0 Å². The zero-order valence-corrected chi connectivity index (χ0v) is 14.1. The lowest BCUT2D eigenvalue weighted by molar-refractivity contribution is 0.226. The third kappa shape index (κ3) is 4.57. The summed E-state index contributed by atoms with van der Waals surface area (Å²) >= 11 is 0. The van der Waals surface area contributed by atoms with Crippen LogP contribution in [-0.2, 0) is 6.54 Å². The Morgan fingerprint density at radius 3 is 2.81 bits per heavy atom. The molecule has 3 nitrogen and oxygen atoms in total. The van der Waals surface area contributed by atoms with Crippen LogP contribution < -0.4 is 5.32 Å². The van der Waals surface area contributed by atoms with Gasteiger partial charge in [0, 0.05) is 12.7 Å². The van der Waals surface area contributed by atoms with E-state index in [1.165, 1.54) is 44.2 Å². The molecule has 0 bridgehead atoms. The summed E-state index contributed by atoms with van der Waals surface area (Å²) in [5.74, 6) is 2.41. The Hall–Kier alpha value is -0.830. The number of hydrogen-bond donors (Lipinski definition) is 1. The van der Waals surface area contributed by atoms with Crippen LogP contribution in [0, 0.1) is 11.8 Å². The van der Waals surface area contributed by atoms with Crippen molar-refractivity contribution >= 4 is 0 Å². The number of aromatic nitrogens is 2. The third-order valence-electron chi connectivity index (χ3n) is 5.05. The summed E-state index contributed by atoms with van der Waals surface area (Å²) < 4.78 is 2.13. The molecular weight excluding hydrogens is 258 g/mol. The van der Waals surface area contributed by atoms with E-state index in [1.807, 2.05) is 0 Å². The molecule has 1 aromatic heterocycles. The van der Waals surface area contributed by atoms with Crippen molar-refractivity contribution in [3.8, 4) is 0 Å². The second-order valence-corrected chi connectivity index (χ2v) is 6.69. The quantitative estimate of drug-likeness (QED) is 0.727. The largest absolute Gasteiger partial charge is 0.316 e. The van der Waals surface area contributed by atoms with E-state index in [1.54, 1.807) is 0 Å². The van der Waals surface area contributed by atoms with Crippen molar-refractivity contribution in [3.05, 3.63) is 18.0 Å². The summed E-state index contributed by atoms with van der Waals surface area (Å²) in [6, 6.07) is 0. The molecule has 1 fully saturated rings. The van der Waals surface area contributed by atoms with Crippen LogP contribution in [0.2, 0.25) is 0 Å². The first kappa shape index (κ1) is 16.5. The van der Waals surface area contributed by atoms with Crippen LogP contribution in [0.1, 0.15) is 70.8 Å². The molecule has 1 aliphatic carbocycles. The second-order valence-electron chi connectivity index (χ2n) is 6.69. The van der Waals surface area contributed by atoms with Crippen LogP contribution in [0.5, 0.6) is 0 Å². The van der Waals surface area contributed by atoms with Gasteiger partial charge in [-0.2, -0.15) is 5.10 Å². The van der Waals surface area contributed by atoms with Crippen LogP contribution in [0.3, 0.4) is 0 Å². The number of nitrogens with zero attached hydrogens (tertiary/aromatic N) is 2. The number of hydrogen-bond acceptors (Lipinski definition) is 2. The molecule has 0 aliphatic heterocycles. The molecule has 1 aliphatic rings. The Balaban J connectivity index is 2.04. The van der Waals surface area contributed by atoms with Crippen LogP contribution in [-0.4, -0.2) is 22.9 Å². The highest BCUT2D eigenvalue weighted by Gasteiger charge is 2.31. The fourth-order valence-corrected chi connectivity index (χ4v) is 3.73. The van der Waals surface area contributed by atoms with Crippen LogP contribution >= 0.6 is 0 Å². The van der Waals surface area contributed by atoms with Crippen LogP contribution in [0.4, 0.5) is 0 Å². The molecule has 0 saturated heterocycles. The molecule has 120 valence electrons. The Morgan fingerprint density at radius 2 is 2.10 bits per heavy atom. The third-order valence-corrected chi connectivity index (χ3v) is 5.05. The minimum absolute atomic E-state index is 0.707. The van der Waals surface area contributed by atoms with Gasteiger partial charge in [0.2, 0.25) is 0 Å². The zero-order chi connectivity index (χ0) is 15.1. The average Bonchev–Trinajstić information content (AvgIpc) is 2.96. The van der Waals surface area contributed by atoms with Gasteiger partial charge in [0.05, 0.1) is 6.20 Å². The van der Waals surface area contributed by atoms with Gasteiger partial charge in [-0.15, -0.1) is 0 Å². The maximum Gasteiger partial charge on any atom is 0.0524 e. The predicted octanol–water partition coefficient (Wildman–Crippen LogP) is 4.20. The lowest BCUT2D eigenvalue weighted by Gasteiger charge is -2.35. The molecule has 0 spiro atoms. The van der Waals surface area contributed by atoms with Crippen molar-refractivity contribution in [2.75, 3.05) is 13.1 Å². The fraction of sp³-hybridized carbons (Fsp3) is 0.833. The van der Waals surface area contributed by atoms with Crippen molar-refractivity contribution in [3.63, 3.8) is 0 Å². The van der Waals surface area contributed by atoms with E-state index in [4.69, 9.17) is 0 Å². The second kappa shape index (κ2) is 8.57. The first-order valence-corrected chi connectivity index (χ1v) is 9.01.